The summed E-state index contributed by atoms with van der Waals surface area (Å²) in [5, 5.41) is 18.0. The van der Waals surface area contributed by atoms with Gasteiger partial charge in [0.1, 0.15) is 0 Å². The summed E-state index contributed by atoms with van der Waals surface area (Å²) < 4.78 is 0. The van der Waals surface area contributed by atoms with Crippen molar-refractivity contribution in [2.24, 2.45) is 0 Å². The molecule has 0 aliphatic heterocycles. The van der Waals surface area contributed by atoms with Crippen molar-refractivity contribution in [3.8, 4) is 0 Å². The number of hydrogen-bond donors (Lipinski definition) is 2. The molecule has 0 bridgehead atoms. The zero-order valence-corrected chi connectivity index (χ0v) is 5.96. The van der Waals surface area contributed by atoms with Gasteiger partial charge in [-0.3, -0.25) is 0 Å². The van der Waals surface area contributed by atoms with Crippen molar-refractivity contribution in [3.63, 3.8) is 0 Å². The molecule has 2 atom stereocenters. The van der Waals surface area contributed by atoms with Crippen LogP contribution in [-0.2, 0) is 0 Å². The Balaban J connectivity index is 3.71. The van der Waals surface area contributed by atoms with E-state index in [0.717, 1.165) is 0 Å². The van der Waals surface area contributed by atoms with Crippen LogP contribution in [0.15, 0.2) is 12.7 Å². The van der Waals surface area contributed by atoms with Gasteiger partial charge in [0.05, 0.1) is 11.7 Å². The molecule has 2 heteroatoms. The van der Waals surface area contributed by atoms with Crippen molar-refractivity contribution < 1.29 is 10.2 Å². The first-order valence-electron chi connectivity index (χ1n) is 3.02. The van der Waals surface area contributed by atoms with Gasteiger partial charge >= 0.3 is 0 Å². The Morgan fingerprint density at radius 3 is 2.33 bits per heavy atom. The summed E-state index contributed by atoms with van der Waals surface area (Å²) >= 11 is 0. The van der Waals surface area contributed by atoms with E-state index in [4.69, 9.17) is 5.11 Å². The smallest absolute Gasteiger partial charge is 0.0821 e. The Morgan fingerprint density at radius 2 is 2.22 bits per heavy atom. The van der Waals surface area contributed by atoms with Gasteiger partial charge in [-0.25, -0.2) is 0 Å². The molecule has 0 fully saturated rings. The molecule has 0 aromatic carbocycles. The van der Waals surface area contributed by atoms with Crippen LogP contribution in [0.4, 0.5) is 0 Å². The standard InChI is InChI=1S/C7H14O2/c1-4-7(3,9)5-6(2)8/h4,6,8-9H,1,5H2,2-3H3. The fourth-order valence-electron chi connectivity index (χ4n) is 0.681. The first-order valence-corrected chi connectivity index (χ1v) is 3.02. The third-order valence-electron chi connectivity index (χ3n) is 1.15. The Hall–Kier alpha value is -0.340. The van der Waals surface area contributed by atoms with E-state index in [9.17, 15) is 5.11 Å². The van der Waals surface area contributed by atoms with E-state index in [1.165, 1.54) is 6.08 Å². The van der Waals surface area contributed by atoms with Gasteiger partial charge in [-0.2, -0.15) is 0 Å². The molecule has 0 rings (SSSR count). The van der Waals surface area contributed by atoms with Crippen molar-refractivity contribution in [1.29, 1.82) is 0 Å². The fraction of sp³-hybridized carbons (Fsp3) is 0.714. The van der Waals surface area contributed by atoms with Crippen LogP contribution < -0.4 is 0 Å². The minimum absolute atomic E-state index is 0.344. The van der Waals surface area contributed by atoms with Crippen LogP contribution in [0.1, 0.15) is 20.3 Å². The van der Waals surface area contributed by atoms with Gasteiger partial charge < -0.3 is 10.2 Å². The molecule has 2 nitrogen and oxygen atoms in total. The lowest BCUT2D eigenvalue weighted by molar-refractivity contribution is 0.0479. The molecule has 0 aromatic rings. The fourth-order valence-corrected chi connectivity index (χ4v) is 0.681. The highest BCUT2D eigenvalue weighted by Gasteiger charge is 2.17. The molecule has 0 radical (unpaired) electrons. The predicted octanol–water partition coefficient (Wildman–Crippen LogP) is 0.694. The maximum atomic E-state index is 9.22. The van der Waals surface area contributed by atoms with Crippen molar-refractivity contribution in [2.75, 3.05) is 0 Å². The van der Waals surface area contributed by atoms with Gasteiger partial charge in [-0.15, -0.1) is 6.58 Å². The number of rotatable bonds is 3. The summed E-state index contributed by atoms with van der Waals surface area (Å²) in [7, 11) is 0. The van der Waals surface area contributed by atoms with Gasteiger partial charge in [-0.1, -0.05) is 6.08 Å². The summed E-state index contributed by atoms with van der Waals surface area (Å²) in [6.07, 6.45) is 1.30. The molecule has 0 amide bonds. The Morgan fingerprint density at radius 1 is 1.78 bits per heavy atom. The van der Waals surface area contributed by atoms with E-state index in [2.05, 4.69) is 6.58 Å². The molecule has 54 valence electrons. The molecule has 0 saturated heterocycles. The van der Waals surface area contributed by atoms with Gasteiger partial charge in [0.15, 0.2) is 0 Å². The van der Waals surface area contributed by atoms with E-state index < -0.39 is 11.7 Å². The van der Waals surface area contributed by atoms with E-state index in [-0.39, 0.29) is 0 Å². The van der Waals surface area contributed by atoms with Crippen molar-refractivity contribution in [2.45, 2.75) is 32.0 Å². The van der Waals surface area contributed by atoms with Crippen LogP contribution in [0.3, 0.4) is 0 Å². The topological polar surface area (TPSA) is 40.5 Å². The average Bonchev–Trinajstić information content (AvgIpc) is 1.63. The maximum Gasteiger partial charge on any atom is 0.0821 e. The monoisotopic (exact) mass is 130 g/mol. The van der Waals surface area contributed by atoms with Crippen LogP contribution in [0.25, 0.3) is 0 Å². The molecule has 2 N–H and O–H groups in total. The molecule has 9 heavy (non-hydrogen) atoms. The predicted molar refractivity (Wildman–Crippen MR) is 37.1 cm³/mol. The first kappa shape index (κ1) is 8.66. The van der Waals surface area contributed by atoms with Crippen LogP contribution >= 0.6 is 0 Å². The summed E-state index contributed by atoms with van der Waals surface area (Å²) in [6.45, 7) is 6.68. The van der Waals surface area contributed by atoms with E-state index >= 15 is 0 Å². The van der Waals surface area contributed by atoms with Gasteiger partial charge in [0.25, 0.3) is 0 Å². The van der Waals surface area contributed by atoms with Crippen molar-refractivity contribution >= 4 is 0 Å². The van der Waals surface area contributed by atoms with Crippen LogP contribution in [0.2, 0.25) is 0 Å². The highest BCUT2D eigenvalue weighted by Crippen LogP contribution is 2.11. The minimum Gasteiger partial charge on any atom is -0.393 e. The third kappa shape index (κ3) is 4.18. The number of aliphatic hydroxyl groups excluding tert-OH is 1. The summed E-state index contributed by atoms with van der Waals surface area (Å²) in [5.41, 5.74) is -0.922. The molecule has 2 unspecified atom stereocenters. The summed E-state index contributed by atoms with van der Waals surface area (Å²) in [4.78, 5) is 0. The van der Waals surface area contributed by atoms with Crippen molar-refractivity contribution in [3.05, 3.63) is 12.7 Å². The highest BCUT2D eigenvalue weighted by molar-refractivity contribution is 4.92. The zero-order chi connectivity index (χ0) is 7.49. The molecule has 0 aliphatic rings. The average molecular weight is 130 g/mol. The SMILES string of the molecule is C=CC(C)(O)CC(C)O. The van der Waals surface area contributed by atoms with Crippen molar-refractivity contribution in [1.82, 2.24) is 0 Å². The van der Waals surface area contributed by atoms with Crippen LogP contribution in [0, 0.1) is 0 Å². The zero-order valence-electron chi connectivity index (χ0n) is 5.96. The lowest BCUT2D eigenvalue weighted by Crippen LogP contribution is -2.25. The van der Waals surface area contributed by atoms with Gasteiger partial charge in [0, 0.05) is 6.42 Å². The normalized spacial score (nSPS) is 20.4. The Labute approximate surface area is 55.8 Å². The lowest BCUT2D eigenvalue weighted by Gasteiger charge is -2.19. The molecule has 0 aliphatic carbocycles. The largest absolute Gasteiger partial charge is 0.393 e. The van der Waals surface area contributed by atoms with E-state index in [0.29, 0.717) is 6.42 Å². The second-order valence-corrected chi connectivity index (χ2v) is 2.61. The Kier molecular flexibility index (Phi) is 2.88. The summed E-state index contributed by atoms with van der Waals surface area (Å²) in [6, 6.07) is 0. The molecule has 0 spiro atoms. The number of hydrogen-bond acceptors (Lipinski definition) is 2. The quantitative estimate of drug-likeness (QED) is 0.552. The molecule has 0 saturated carbocycles. The molecule has 0 heterocycles. The molecule has 0 aromatic heterocycles. The minimum atomic E-state index is -0.922. The maximum absolute atomic E-state index is 9.22. The van der Waals surface area contributed by atoms with E-state index in [1.807, 2.05) is 0 Å². The van der Waals surface area contributed by atoms with Crippen LogP contribution in [0.5, 0.6) is 0 Å². The van der Waals surface area contributed by atoms with Gasteiger partial charge in [0.2, 0.25) is 0 Å². The molecular weight excluding hydrogens is 116 g/mol. The highest BCUT2D eigenvalue weighted by atomic mass is 16.3. The lowest BCUT2D eigenvalue weighted by atomic mass is 10.00. The Bertz CT molecular complexity index is 95.1. The number of aliphatic hydroxyl groups is 2. The first-order chi connectivity index (χ1) is 3.98. The molecular formula is C7H14O2. The summed E-state index contributed by atoms with van der Waals surface area (Å²) in [5.74, 6) is 0. The van der Waals surface area contributed by atoms with Gasteiger partial charge in [-0.05, 0) is 13.8 Å². The van der Waals surface area contributed by atoms with Crippen LogP contribution in [-0.4, -0.2) is 21.9 Å². The second kappa shape index (κ2) is 2.99. The third-order valence-corrected chi connectivity index (χ3v) is 1.15. The second-order valence-electron chi connectivity index (χ2n) is 2.61. The van der Waals surface area contributed by atoms with E-state index in [1.54, 1.807) is 13.8 Å².